The molecule has 4 unspecified atom stereocenters. The van der Waals surface area contributed by atoms with Gasteiger partial charge in [0.25, 0.3) is 0 Å². The fourth-order valence-corrected chi connectivity index (χ4v) is 7.43. The van der Waals surface area contributed by atoms with E-state index in [4.69, 9.17) is 16.3 Å². The third-order valence-corrected chi connectivity index (χ3v) is 10.6. The molecule has 48 heavy (non-hydrogen) atoms. The number of hydrogen-bond donors (Lipinski definition) is 4. The van der Waals surface area contributed by atoms with Gasteiger partial charge in [0.1, 0.15) is 12.2 Å². The second-order valence-corrected chi connectivity index (χ2v) is 15.8. The molecule has 3 rings (SSSR count). The Labute approximate surface area is 293 Å². The molecule has 13 heteroatoms. The minimum Gasteiger partial charge on any atom is -0.388 e. The van der Waals surface area contributed by atoms with E-state index in [9.17, 15) is 24.6 Å². The first kappa shape index (κ1) is 41.1. The van der Waals surface area contributed by atoms with Gasteiger partial charge in [0.05, 0.1) is 18.6 Å². The molecule has 0 spiro atoms. The van der Waals surface area contributed by atoms with Crippen molar-refractivity contribution in [3.05, 3.63) is 11.6 Å². The number of nitrogens with zero attached hydrogens (tertiary/aromatic N) is 5. The standard InChI is InChI=1S/C35H63ClN5O6P/c1-3-5-7-9-11-13-15-17-19-21-24-40(25-22-20-18-16-14-12-10-8-6-4-2)32-29-33(39-35(36)38-32)41(27-37-29)34-31(43)30(42)28(47-34)23-26-48(44,45)46/h27-28,30-31,34,42-43H,3-26H2,1-2H3,(H2,44,45,46). The van der Waals surface area contributed by atoms with Crippen LogP contribution in [0.1, 0.15) is 155 Å². The Morgan fingerprint density at radius 1 is 0.771 bits per heavy atom. The molecule has 0 radical (unpaired) electrons. The van der Waals surface area contributed by atoms with Crippen molar-refractivity contribution in [2.24, 2.45) is 0 Å². The zero-order valence-electron chi connectivity index (χ0n) is 29.5. The number of hydrogen-bond acceptors (Lipinski definition) is 8. The molecule has 4 N–H and O–H groups in total. The van der Waals surface area contributed by atoms with Crippen LogP contribution in [0.2, 0.25) is 5.28 Å². The van der Waals surface area contributed by atoms with Crippen molar-refractivity contribution >= 4 is 36.2 Å². The number of fused-ring (bicyclic) bond motifs is 1. The van der Waals surface area contributed by atoms with Crippen molar-refractivity contribution in [1.82, 2.24) is 19.5 Å². The van der Waals surface area contributed by atoms with Crippen molar-refractivity contribution in [3.8, 4) is 0 Å². The van der Waals surface area contributed by atoms with Crippen molar-refractivity contribution in [1.29, 1.82) is 0 Å². The van der Waals surface area contributed by atoms with Crippen LogP contribution in [0.25, 0.3) is 11.2 Å². The van der Waals surface area contributed by atoms with Gasteiger partial charge in [0, 0.05) is 13.1 Å². The molecule has 3 heterocycles. The molecule has 2 aromatic rings. The first-order valence-electron chi connectivity index (χ1n) is 18.9. The van der Waals surface area contributed by atoms with Crippen molar-refractivity contribution in [2.75, 3.05) is 24.2 Å². The number of imidazole rings is 1. The summed E-state index contributed by atoms with van der Waals surface area (Å²) in [6, 6.07) is 0. The summed E-state index contributed by atoms with van der Waals surface area (Å²) < 4.78 is 18.9. The molecule has 0 bridgehead atoms. The highest BCUT2D eigenvalue weighted by Gasteiger charge is 2.44. The van der Waals surface area contributed by atoms with Crippen molar-refractivity contribution in [3.63, 3.8) is 0 Å². The summed E-state index contributed by atoms with van der Waals surface area (Å²) in [6.45, 7) is 6.16. The van der Waals surface area contributed by atoms with Gasteiger partial charge >= 0.3 is 7.60 Å². The quantitative estimate of drug-likeness (QED) is 0.0403. The van der Waals surface area contributed by atoms with Crippen LogP contribution < -0.4 is 4.90 Å². The van der Waals surface area contributed by atoms with Crippen molar-refractivity contribution in [2.45, 2.75) is 173 Å². The van der Waals surface area contributed by atoms with Crippen LogP contribution in [0.5, 0.6) is 0 Å². The van der Waals surface area contributed by atoms with Crippen LogP contribution in [0.4, 0.5) is 5.82 Å². The van der Waals surface area contributed by atoms with E-state index in [-0.39, 0.29) is 11.7 Å². The van der Waals surface area contributed by atoms with Crippen LogP contribution in [-0.4, -0.2) is 77.1 Å². The summed E-state index contributed by atoms with van der Waals surface area (Å²) in [5.41, 5.74) is 0.926. The van der Waals surface area contributed by atoms with Gasteiger partial charge in [-0.15, -0.1) is 0 Å². The van der Waals surface area contributed by atoms with Crippen LogP contribution >= 0.6 is 19.2 Å². The predicted molar refractivity (Wildman–Crippen MR) is 194 cm³/mol. The zero-order chi connectivity index (χ0) is 34.8. The normalized spacial score (nSPS) is 19.9. The molecule has 0 aliphatic carbocycles. The number of halogens is 1. The lowest BCUT2D eigenvalue weighted by Crippen LogP contribution is -2.32. The minimum atomic E-state index is -4.29. The highest BCUT2D eigenvalue weighted by Crippen LogP contribution is 2.40. The van der Waals surface area contributed by atoms with Gasteiger partial charge in [-0.05, 0) is 30.9 Å². The van der Waals surface area contributed by atoms with Gasteiger partial charge in [0.2, 0.25) is 5.28 Å². The third kappa shape index (κ3) is 14.1. The number of ether oxygens (including phenoxy) is 1. The predicted octanol–water partition coefficient (Wildman–Crippen LogP) is 8.31. The molecular formula is C35H63ClN5O6P. The summed E-state index contributed by atoms with van der Waals surface area (Å²) in [7, 11) is -4.29. The smallest absolute Gasteiger partial charge is 0.325 e. The molecule has 11 nitrogen and oxygen atoms in total. The number of unbranched alkanes of at least 4 members (excludes halogenated alkanes) is 18. The maximum Gasteiger partial charge on any atom is 0.325 e. The second kappa shape index (κ2) is 22.5. The first-order valence-corrected chi connectivity index (χ1v) is 21.0. The van der Waals surface area contributed by atoms with E-state index >= 15 is 0 Å². The highest BCUT2D eigenvalue weighted by atomic mass is 35.5. The van der Waals surface area contributed by atoms with Crippen LogP contribution in [-0.2, 0) is 9.30 Å². The summed E-state index contributed by atoms with van der Waals surface area (Å²) in [6.07, 6.45) is 21.5. The minimum absolute atomic E-state index is 0.0569. The number of aliphatic hydroxyl groups excluding tert-OH is 2. The largest absolute Gasteiger partial charge is 0.388 e. The van der Waals surface area contributed by atoms with Crippen molar-refractivity contribution < 1.29 is 29.3 Å². The van der Waals surface area contributed by atoms with Crippen LogP contribution in [0.15, 0.2) is 6.33 Å². The molecule has 1 saturated heterocycles. The first-order chi connectivity index (χ1) is 23.2. The lowest BCUT2D eigenvalue weighted by molar-refractivity contribution is -0.0355. The summed E-state index contributed by atoms with van der Waals surface area (Å²) in [5.74, 6) is 0.654. The molecule has 0 amide bonds. The number of anilines is 1. The van der Waals surface area contributed by atoms with Gasteiger partial charge in [-0.25, -0.2) is 4.98 Å². The highest BCUT2D eigenvalue weighted by molar-refractivity contribution is 7.51. The fraction of sp³-hybridized carbons (Fsp3) is 0.857. The van der Waals surface area contributed by atoms with E-state index in [0.29, 0.717) is 17.0 Å². The Morgan fingerprint density at radius 3 is 1.73 bits per heavy atom. The summed E-state index contributed by atoms with van der Waals surface area (Å²) in [4.78, 5) is 34.6. The Bertz CT molecular complexity index is 1190. The Morgan fingerprint density at radius 2 is 1.25 bits per heavy atom. The molecule has 1 fully saturated rings. The maximum atomic E-state index is 11.4. The Hall–Kier alpha value is -1.33. The second-order valence-electron chi connectivity index (χ2n) is 13.7. The Balaban J connectivity index is 1.65. The van der Waals surface area contributed by atoms with Gasteiger partial charge in [0.15, 0.2) is 23.2 Å². The third-order valence-electron chi connectivity index (χ3n) is 9.55. The summed E-state index contributed by atoms with van der Waals surface area (Å²) in [5, 5.41) is 21.5. The fourth-order valence-electron chi connectivity index (χ4n) is 6.68. The molecule has 2 aromatic heterocycles. The van der Waals surface area contributed by atoms with Gasteiger partial charge in [-0.2, -0.15) is 9.97 Å². The average molecular weight is 716 g/mol. The average Bonchev–Trinajstić information content (AvgIpc) is 3.59. The molecular weight excluding hydrogens is 653 g/mol. The van der Waals surface area contributed by atoms with E-state index in [1.54, 1.807) is 0 Å². The lowest BCUT2D eigenvalue weighted by Gasteiger charge is -2.24. The van der Waals surface area contributed by atoms with Crippen LogP contribution in [0.3, 0.4) is 0 Å². The molecule has 1 aliphatic heterocycles. The van der Waals surface area contributed by atoms with Gasteiger partial charge in [-0.3, -0.25) is 9.13 Å². The zero-order valence-corrected chi connectivity index (χ0v) is 31.2. The number of aliphatic hydroxyl groups is 2. The number of rotatable bonds is 27. The number of aromatic nitrogens is 4. The molecule has 0 aromatic carbocycles. The van der Waals surface area contributed by atoms with Crippen LogP contribution in [0, 0.1) is 0 Å². The summed E-state index contributed by atoms with van der Waals surface area (Å²) >= 11 is 6.50. The van der Waals surface area contributed by atoms with E-state index in [1.165, 1.54) is 114 Å². The van der Waals surface area contributed by atoms with E-state index in [1.807, 2.05) is 0 Å². The lowest BCUT2D eigenvalue weighted by atomic mass is 10.1. The molecule has 4 atom stereocenters. The maximum absolute atomic E-state index is 11.4. The van der Waals surface area contributed by atoms with E-state index in [2.05, 4.69) is 33.7 Å². The van der Waals surface area contributed by atoms with Gasteiger partial charge < -0.3 is 29.6 Å². The van der Waals surface area contributed by atoms with Gasteiger partial charge in [-0.1, -0.05) is 129 Å². The molecule has 1 aliphatic rings. The Kier molecular flexibility index (Phi) is 19.2. The topological polar surface area (TPSA) is 154 Å². The van der Waals surface area contributed by atoms with E-state index < -0.39 is 38.3 Å². The van der Waals surface area contributed by atoms with E-state index in [0.717, 1.165) is 38.8 Å². The molecule has 0 saturated carbocycles. The molecule has 276 valence electrons. The monoisotopic (exact) mass is 715 g/mol. The SMILES string of the molecule is CCCCCCCCCCCCN(CCCCCCCCCCCC)c1nc(Cl)nc2c1ncn2C1OC(CCP(=O)(O)O)C(O)C1O.